The lowest BCUT2D eigenvalue weighted by Gasteiger charge is -2.11. The summed E-state index contributed by atoms with van der Waals surface area (Å²) in [5.41, 5.74) is -14.0. The quantitative estimate of drug-likeness (QED) is 0.0712. The summed E-state index contributed by atoms with van der Waals surface area (Å²) < 4.78 is 424. The maximum Gasteiger partial charge on any atom is 0.631 e. The third-order valence-corrected chi connectivity index (χ3v) is 11.2. The minimum Gasteiger partial charge on any atom is -0.402 e. The van der Waals surface area contributed by atoms with Crippen molar-refractivity contribution >= 4 is 7.32 Å². The molecular weight excluding hydrogens is 1290 g/mol. The van der Waals surface area contributed by atoms with Crippen LogP contribution in [0.1, 0.15) is 22.3 Å². The van der Waals surface area contributed by atoms with Gasteiger partial charge in [-0.15, -0.1) is 0 Å². The molecule has 0 spiro atoms. The fourth-order valence-corrected chi connectivity index (χ4v) is 7.02. The molecule has 0 saturated heterocycles. The minimum atomic E-state index is -2.44. The molecule has 0 aromatic heterocycles. The lowest BCUT2D eigenvalue weighted by Crippen LogP contribution is -2.07. The first-order valence-electron chi connectivity index (χ1n) is 22.1. The highest BCUT2D eigenvalue weighted by atomic mass is 19.2. The van der Waals surface area contributed by atoms with Gasteiger partial charge in [0.1, 0.15) is 0 Å². The second-order valence-electron chi connectivity index (χ2n) is 16.9. The Bertz CT molecular complexity index is 3480. The molecule has 0 aliphatic heterocycles. The lowest BCUT2D eigenvalue weighted by molar-refractivity contribution is 0.278. The zero-order valence-corrected chi connectivity index (χ0v) is 42.3. The van der Waals surface area contributed by atoms with Crippen molar-refractivity contribution in [2.75, 3.05) is 0 Å². The molecule has 3 nitrogen and oxygen atoms in total. The number of aryl methyl sites for hydroxylation is 4. The van der Waals surface area contributed by atoms with Crippen molar-refractivity contribution in [3.63, 3.8) is 0 Å². The van der Waals surface area contributed by atoms with E-state index in [1.165, 1.54) is 0 Å². The molecule has 36 heteroatoms. The van der Waals surface area contributed by atoms with Gasteiger partial charge in [0.15, 0.2) is 163 Å². The van der Waals surface area contributed by atoms with E-state index in [0.29, 0.717) is 24.3 Å². The lowest BCUT2D eigenvalue weighted by atomic mass is 10.00. The molecule has 0 saturated carbocycles. The van der Waals surface area contributed by atoms with Gasteiger partial charge >= 0.3 is 7.32 Å². The molecular formula is C52H19BF32O3. The Morgan fingerprint density at radius 2 is 0.261 bits per heavy atom. The number of rotatable bonds is 4. The van der Waals surface area contributed by atoms with Crippen LogP contribution in [0.5, 0.6) is 0 Å². The molecule has 8 aromatic carbocycles. The van der Waals surface area contributed by atoms with E-state index >= 15 is 0 Å². The summed E-state index contributed by atoms with van der Waals surface area (Å²) in [5.74, 6) is -70.0. The number of hydrogen-bond donors (Lipinski definition) is 3. The predicted octanol–water partition coefficient (Wildman–Crippen LogP) is 17.0. The van der Waals surface area contributed by atoms with Crippen molar-refractivity contribution in [3.8, 4) is 44.5 Å². The van der Waals surface area contributed by atoms with E-state index in [9.17, 15) is 140 Å². The first kappa shape index (κ1) is 71.9. The molecule has 0 bridgehead atoms. The van der Waals surface area contributed by atoms with Crippen molar-refractivity contribution in [1.82, 2.24) is 0 Å². The molecule has 8 rings (SSSR count). The maximum atomic E-state index is 13.6. The van der Waals surface area contributed by atoms with Crippen LogP contribution in [0.4, 0.5) is 140 Å². The first-order valence-corrected chi connectivity index (χ1v) is 22.1. The van der Waals surface area contributed by atoms with Crippen molar-refractivity contribution in [2.45, 2.75) is 27.7 Å². The standard InChI is InChI=1S/4C13H4F8.BH3O3/c4*1-3-2-4(7(15)10(18)6(3)14)5-8(16)11(19)13(21)12(20)9(5)17;2-1(3)4/h4*2H,1H3;2-4H. The average Bonchev–Trinajstić information content (AvgIpc) is 2.38. The summed E-state index contributed by atoms with van der Waals surface area (Å²) in [6, 6.07) is 1.80. The zero-order valence-electron chi connectivity index (χ0n) is 42.3. The number of hydrogen-bond acceptors (Lipinski definition) is 3. The molecule has 8 aromatic rings. The average molecular weight is 1310 g/mol. The van der Waals surface area contributed by atoms with Gasteiger partial charge in [-0.05, 0) is 74.2 Å². The predicted molar refractivity (Wildman–Crippen MR) is 238 cm³/mol. The van der Waals surface area contributed by atoms with Gasteiger partial charge in [0.25, 0.3) is 0 Å². The Kier molecular flexibility index (Phi) is 22.6. The molecule has 3 N–H and O–H groups in total. The maximum absolute atomic E-state index is 13.6. The molecule has 472 valence electrons. The van der Waals surface area contributed by atoms with E-state index in [2.05, 4.69) is 0 Å². The van der Waals surface area contributed by atoms with Gasteiger partial charge < -0.3 is 15.1 Å². The fourth-order valence-electron chi connectivity index (χ4n) is 7.02. The van der Waals surface area contributed by atoms with Gasteiger partial charge in [0, 0.05) is 22.3 Å². The van der Waals surface area contributed by atoms with Crippen LogP contribution in [0.2, 0.25) is 0 Å². The van der Waals surface area contributed by atoms with Crippen molar-refractivity contribution in [1.29, 1.82) is 0 Å². The normalized spacial score (nSPS) is 10.9. The highest BCUT2D eigenvalue weighted by Crippen LogP contribution is 2.40. The highest BCUT2D eigenvalue weighted by Gasteiger charge is 2.35. The summed E-state index contributed by atoms with van der Waals surface area (Å²) >= 11 is 0. The first-order chi connectivity index (χ1) is 40.4. The Hall–Kier alpha value is -8.54. The minimum absolute atomic E-state index is 0.450. The van der Waals surface area contributed by atoms with Gasteiger partial charge in [-0.1, -0.05) is 0 Å². The van der Waals surface area contributed by atoms with Gasteiger partial charge in [-0.2, -0.15) is 0 Å². The van der Waals surface area contributed by atoms with Crippen LogP contribution in [0.15, 0.2) is 24.3 Å². The number of benzene rings is 8. The molecule has 0 fully saturated rings. The fraction of sp³-hybridized carbons (Fsp3) is 0.0769. The Labute approximate surface area is 467 Å². The van der Waals surface area contributed by atoms with E-state index < -0.39 is 260 Å². The van der Waals surface area contributed by atoms with Crippen molar-refractivity contribution in [3.05, 3.63) is 233 Å². The summed E-state index contributed by atoms with van der Waals surface area (Å²) in [5, 5.41) is 21.5. The summed E-state index contributed by atoms with van der Waals surface area (Å²) in [6.07, 6.45) is 0. The van der Waals surface area contributed by atoms with Gasteiger partial charge in [-0.25, -0.2) is 140 Å². The summed E-state index contributed by atoms with van der Waals surface area (Å²) in [7, 11) is -2.17. The van der Waals surface area contributed by atoms with Gasteiger partial charge in [0.05, 0.1) is 22.3 Å². The summed E-state index contributed by atoms with van der Waals surface area (Å²) in [4.78, 5) is 0. The molecule has 0 radical (unpaired) electrons. The monoisotopic (exact) mass is 1310 g/mol. The highest BCUT2D eigenvalue weighted by molar-refractivity contribution is 6.30. The van der Waals surface area contributed by atoms with Crippen LogP contribution in [0.25, 0.3) is 44.5 Å². The van der Waals surface area contributed by atoms with Crippen molar-refractivity contribution < 1.29 is 156 Å². The van der Waals surface area contributed by atoms with Crippen molar-refractivity contribution in [2.24, 2.45) is 0 Å². The van der Waals surface area contributed by atoms with Crippen LogP contribution < -0.4 is 0 Å². The largest absolute Gasteiger partial charge is 0.631 e. The van der Waals surface area contributed by atoms with E-state index in [4.69, 9.17) is 15.1 Å². The van der Waals surface area contributed by atoms with Crippen LogP contribution in [0, 0.1) is 214 Å². The SMILES string of the molecule is Cc1cc(-c2c(F)c(F)c(F)c(F)c2F)c(F)c(F)c1F.Cc1cc(-c2c(F)c(F)c(F)c(F)c2F)c(F)c(F)c1F.Cc1cc(-c2c(F)c(F)c(F)c(F)c2F)c(F)c(F)c1F.Cc1cc(-c2c(F)c(F)c(F)c(F)c2F)c(F)c(F)c1F.OB(O)O. The van der Waals surface area contributed by atoms with Crippen LogP contribution in [-0.4, -0.2) is 22.4 Å². The Morgan fingerprint density at radius 3 is 0.375 bits per heavy atom. The molecule has 0 atom stereocenters. The van der Waals surface area contributed by atoms with Crippen LogP contribution in [0.3, 0.4) is 0 Å². The van der Waals surface area contributed by atoms with Gasteiger partial charge in [0.2, 0.25) is 23.3 Å². The number of halogens is 32. The second kappa shape index (κ2) is 27.7. The molecule has 0 amide bonds. The zero-order chi connectivity index (χ0) is 67.8. The molecule has 0 aliphatic rings. The van der Waals surface area contributed by atoms with E-state index in [-0.39, 0.29) is 0 Å². The molecule has 0 unspecified atom stereocenters. The Morgan fingerprint density at radius 1 is 0.170 bits per heavy atom. The topological polar surface area (TPSA) is 60.7 Å². The van der Waals surface area contributed by atoms with Gasteiger partial charge in [-0.3, -0.25) is 0 Å². The Balaban J connectivity index is 0.000000246. The molecule has 88 heavy (non-hydrogen) atoms. The van der Waals surface area contributed by atoms with E-state index in [1.807, 2.05) is 0 Å². The van der Waals surface area contributed by atoms with E-state index in [0.717, 1.165) is 27.7 Å². The molecule has 0 heterocycles. The second-order valence-corrected chi connectivity index (χ2v) is 16.9. The molecule has 0 aliphatic carbocycles. The third-order valence-electron chi connectivity index (χ3n) is 11.2. The van der Waals surface area contributed by atoms with E-state index in [1.54, 1.807) is 0 Å². The summed E-state index contributed by atoms with van der Waals surface area (Å²) in [6.45, 7) is 3.75. The third kappa shape index (κ3) is 13.5. The smallest absolute Gasteiger partial charge is 0.402 e. The van der Waals surface area contributed by atoms with Crippen LogP contribution in [-0.2, 0) is 0 Å². The van der Waals surface area contributed by atoms with Crippen LogP contribution >= 0.6 is 0 Å².